The monoisotopic (exact) mass is 344 g/mol. The lowest BCUT2D eigenvalue weighted by Gasteiger charge is -2.18. The van der Waals surface area contributed by atoms with E-state index in [0.29, 0.717) is 5.92 Å². The number of hydrogen-bond acceptors (Lipinski definition) is 0. The first-order chi connectivity index (χ1) is 9.99. The van der Waals surface area contributed by atoms with Gasteiger partial charge in [-0.15, -0.1) is 0 Å². The van der Waals surface area contributed by atoms with Crippen molar-refractivity contribution in [3.63, 3.8) is 0 Å². The first-order valence-corrected chi connectivity index (χ1v) is 8.80. The summed E-state index contributed by atoms with van der Waals surface area (Å²) in [5.41, 5.74) is 8.52. The van der Waals surface area contributed by atoms with Gasteiger partial charge in [0.1, 0.15) is 0 Å². The maximum Gasteiger partial charge on any atom is 0.00660 e. The molecule has 2 rings (SSSR count). The third-order valence-electron chi connectivity index (χ3n) is 4.20. The van der Waals surface area contributed by atoms with Crippen LogP contribution in [-0.2, 0) is 12.8 Å². The normalized spacial score (nSPS) is 12.4. The minimum absolute atomic E-state index is 0.646. The second-order valence-electron chi connectivity index (χ2n) is 6.29. The molecule has 0 aliphatic carbocycles. The van der Waals surface area contributed by atoms with Crippen LogP contribution >= 0.6 is 15.9 Å². The number of benzene rings is 2. The van der Waals surface area contributed by atoms with Gasteiger partial charge in [-0.1, -0.05) is 63.5 Å². The highest BCUT2D eigenvalue weighted by Crippen LogP contribution is 2.23. The largest absolute Gasteiger partial charge is 0.0925 e. The Hall–Kier alpha value is -1.08. The van der Waals surface area contributed by atoms with Crippen molar-refractivity contribution < 1.29 is 0 Å². The Morgan fingerprint density at radius 3 is 1.90 bits per heavy atom. The molecule has 0 aromatic heterocycles. The lowest BCUT2D eigenvalue weighted by atomic mass is 9.89. The van der Waals surface area contributed by atoms with Gasteiger partial charge in [0, 0.05) is 5.33 Å². The van der Waals surface area contributed by atoms with Crippen molar-refractivity contribution in [1.82, 2.24) is 0 Å². The van der Waals surface area contributed by atoms with E-state index in [4.69, 9.17) is 0 Å². The van der Waals surface area contributed by atoms with Crippen molar-refractivity contribution in [1.29, 1.82) is 0 Å². The van der Waals surface area contributed by atoms with Gasteiger partial charge in [0.05, 0.1) is 0 Å². The Morgan fingerprint density at radius 1 is 0.810 bits per heavy atom. The number of rotatable bonds is 5. The van der Waals surface area contributed by atoms with Crippen molar-refractivity contribution in [2.75, 3.05) is 5.33 Å². The summed E-state index contributed by atoms with van der Waals surface area (Å²) >= 11 is 3.71. The molecular formula is C20H25Br. The van der Waals surface area contributed by atoms with E-state index < -0.39 is 0 Å². The highest BCUT2D eigenvalue weighted by atomic mass is 79.9. The predicted octanol–water partition coefficient (Wildman–Crippen LogP) is 5.72. The molecule has 0 saturated heterocycles. The standard InChI is InChI=1S/C20H25Br/c1-14-5-7-18(8-6-14)11-19(13-21)12-20-16(3)9-15(2)10-17(20)4/h5-10,19H,11-13H2,1-4H3. The molecule has 112 valence electrons. The lowest BCUT2D eigenvalue weighted by Crippen LogP contribution is -2.12. The van der Waals surface area contributed by atoms with Gasteiger partial charge >= 0.3 is 0 Å². The van der Waals surface area contributed by atoms with Crippen molar-refractivity contribution in [2.24, 2.45) is 5.92 Å². The van der Waals surface area contributed by atoms with Crippen molar-refractivity contribution in [3.8, 4) is 0 Å². The fourth-order valence-corrected chi connectivity index (χ4v) is 3.52. The predicted molar refractivity (Wildman–Crippen MR) is 96.5 cm³/mol. The van der Waals surface area contributed by atoms with Crippen molar-refractivity contribution in [2.45, 2.75) is 40.5 Å². The van der Waals surface area contributed by atoms with Gasteiger partial charge < -0.3 is 0 Å². The molecule has 0 radical (unpaired) electrons. The molecular weight excluding hydrogens is 320 g/mol. The second kappa shape index (κ2) is 7.26. The SMILES string of the molecule is Cc1ccc(CC(CBr)Cc2c(C)cc(C)cc2C)cc1. The van der Waals surface area contributed by atoms with E-state index in [2.05, 4.69) is 80.0 Å². The summed E-state index contributed by atoms with van der Waals surface area (Å²) in [4.78, 5) is 0. The zero-order valence-electron chi connectivity index (χ0n) is 13.5. The summed E-state index contributed by atoms with van der Waals surface area (Å²) in [6.07, 6.45) is 2.29. The average Bonchev–Trinajstić information content (AvgIpc) is 2.43. The van der Waals surface area contributed by atoms with Gasteiger partial charge in [0.2, 0.25) is 0 Å². The molecule has 0 saturated carbocycles. The molecule has 2 aromatic carbocycles. The fraction of sp³-hybridized carbons (Fsp3) is 0.400. The summed E-state index contributed by atoms with van der Waals surface area (Å²) < 4.78 is 0. The summed E-state index contributed by atoms with van der Waals surface area (Å²) in [6, 6.07) is 13.6. The number of halogens is 1. The second-order valence-corrected chi connectivity index (χ2v) is 6.94. The van der Waals surface area contributed by atoms with Crippen LogP contribution in [0.3, 0.4) is 0 Å². The molecule has 0 heterocycles. The Kier molecular flexibility index (Phi) is 5.64. The molecule has 0 aliphatic rings. The quantitative estimate of drug-likeness (QED) is 0.608. The van der Waals surface area contributed by atoms with Crippen molar-refractivity contribution in [3.05, 3.63) is 69.8 Å². The van der Waals surface area contributed by atoms with Gasteiger partial charge in [-0.3, -0.25) is 0 Å². The third kappa shape index (κ3) is 4.44. The van der Waals surface area contributed by atoms with Crippen molar-refractivity contribution >= 4 is 15.9 Å². The van der Waals surface area contributed by atoms with E-state index in [1.54, 1.807) is 0 Å². The Morgan fingerprint density at radius 2 is 1.38 bits per heavy atom. The zero-order chi connectivity index (χ0) is 15.4. The summed E-state index contributed by atoms with van der Waals surface area (Å²) in [7, 11) is 0. The molecule has 0 N–H and O–H groups in total. The smallest absolute Gasteiger partial charge is 0.00660 e. The number of alkyl halides is 1. The fourth-order valence-electron chi connectivity index (χ4n) is 3.06. The molecule has 2 aromatic rings. The molecule has 0 bridgehead atoms. The first kappa shape index (κ1) is 16.3. The summed E-state index contributed by atoms with van der Waals surface area (Å²) in [6.45, 7) is 8.81. The van der Waals surface area contributed by atoms with Crippen LogP contribution in [0.1, 0.15) is 33.4 Å². The van der Waals surface area contributed by atoms with Crippen LogP contribution < -0.4 is 0 Å². The molecule has 1 atom stereocenters. The van der Waals surface area contributed by atoms with Crippen LogP contribution in [0.5, 0.6) is 0 Å². The van der Waals surface area contributed by atoms with Crippen LogP contribution in [0, 0.1) is 33.6 Å². The van der Waals surface area contributed by atoms with Crippen LogP contribution in [-0.4, -0.2) is 5.33 Å². The molecule has 1 heteroatoms. The highest BCUT2D eigenvalue weighted by molar-refractivity contribution is 9.09. The van der Waals surface area contributed by atoms with E-state index >= 15 is 0 Å². The van der Waals surface area contributed by atoms with E-state index in [0.717, 1.165) is 18.2 Å². The van der Waals surface area contributed by atoms with E-state index in [1.165, 1.54) is 33.4 Å². The molecule has 0 spiro atoms. The molecule has 0 amide bonds. The van der Waals surface area contributed by atoms with Crippen LogP contribution in [0.15, 0.2) is 36.4 Å². The zero-order valence-corrected chi connectivity index (χ0v) is 15.1. The molecule has 0 fully saturated rings. The minimum atomic E-state index is 0.646. The maximum atomic E-state index is 3.71. The van der Waals surface area contributed by atoms with Gasteiger partial charge in [0.15, 0.2) is 0 Å². The Balaban J connectivity index is 2.14. The molecule has 21 heavy (non-hydrogen) atoms. The van der Waals surface area contributed by atoms with E-state index in [-0.39, 0.29) is 0 Å². The topological polar surface area (TPSA) is 0 Å². The van der Waals surface area contributed by atoms with Gasteiger partial charge in [-0.25, -0.2) is 0 Å². The number of hydrogen-bond donors (Lipinski definition) is 0. The van der Waals surface area contributed by atoms with Gasteiger partial charge in [-0.2, -0.15) is 0 Å². The Labute approximate surface area is 137 Å². The van der Waals surface area contributed by atoms with Crippen LogP contribution in [0.4, 0.5) is 0 Å². The minimum Gasteiger partial charge on any atom is -0.0925 e. The summed E-state index contributed by atoms with van der Waals surface area (Å²) in [5, 5.41) is 1.05. The van der Waals surface area contributed by atoms with Crippen LogP contribution in [0.2, 0.25) is 0 Å². The molecule has 0 aliphatic heterocycles. The maximum absolute atomic E-state index is 3.71. The molecule has 0 nitrogen and oxygen atoms in total. The van der Waals surface area contributed by atoms with E-state index in [9.17, 15) is 0 Å². The van der Waals surface area contributed by atoms with Gasteiger partial charge in [-0.05, 0) is 68.7 Å². The first-order valence-electron chi connectivity index (χ1n) is 7.68. The Bertz CT molecular complexity index is 573. The van der Waals surface area contributed by atoms with E-state index in [1.807, 2.05) is 0 Å². The average molecular weight is 345 g/mol. The third-order valence-corrected chi connectivity index (χ3v) is 5.11. The highest BCUT2D eigenvalue weighted by Gasteiger charge is 2.13. The number of aryl methyl sites for hydroxylation is 4. The van der Waals surface area contributed by atoms with Crippen LogP contribution in [0.25, 0.3) is 0 Å². The van der Waals surface area contributed by atoms with Gasteiger partial charge in [0.25, 0.3) is 0 Å². The lowest BCUT2D eigenvalue weighted by molar-refractivity contribution is 0.587. The molecule has 1 unspecified atom stereocenters. The summed E-state index contributed by atoms with van der Waals surface area (Å²) in [5.74, 6) is 0.646.